The first-order valence-corrected chi connectivity index (χ1v) is 3.66. The number of rotatable bonds is 0. The Labute approximate surface area is 65.9 Å². The Balaban J connectivity index is 2.55. The predicted octanol–water partition coefficient (Wildman–Crippen LogP) is 1.93. The minimum absolute atomic E-state index is 0.790. The Morgan fingerprint density at radius 3 is 3.27 bits per heavy atom. The number of aromatic nitrogens is 1. The van der Waals surface area contributed by atoms with E-state index >= 15 is 0 Å². The van der Waals surface area contributed by atoms with Crippen molar-refractivity contribution in [3.63, 3.8) is 0 Å². The zero-order valence-electron chi connectivity index (χ0n) is 6.54. The number of aliphatic imine (C=N–C) groups is 1. The van der Waals surface area contributed by atoms with E-state index in [1.807, 2.05) is 19.2 Å². The van der Waals surface area contributed by atoms with Crippen LogP contribution in [0.5, 0.6) is 0 Å². The molecule has 0 N–H and O–H groups in total. The third-order valence-electron chi connectivity index (χ3n) is 2.02. The summed E-state index contributed by atoms with van der Waals surface area (Å²) in [5, 5.41) is 0. The lowest BCUT2D eigenvalue weighted by molar-refractivity contribution is 0.908. The maximum absolute atomic E-state index is 4.32. The van der Waals surface area contributed by atoms with Gasteiger partial charge in [-0.25, -0.2) is 0 Å². The number of nitrogens with zero attached hydrogens (tertiary/aromatic N) is 2. The molecule has 2 nitrogen and oxygen atoms in total. The third kappa shape index (κ3) is 0.827. The highest BCUT2D eigenvalue weighted by atomic mass is 15.0. The first kappa shape index (κ1) is 6.40. The van der Waals surface area contributed by atoms with Gasteiger partial charge >= 0.3 is 0 Å². The van der Waals surface area contributed by atoms with Crippen molar-refractivity contribution in [2.75, 3.05) is 0 Å². The molecule has 0 amide bonds. The SMILES string of the molecule is C=C1C(C)=NCc2cccn21. The van der Waals surface area contributed by atoms with Gasteiger partial charge in [-0.2, -0.15) is 0 Å². The highest BCUT2D eigenvalue weighted by Gasteiger charge is 2.10. The molecule has 1 aromatic rings. The van der Waals surface area contributed by atoms with Crippen molar-refractivity contribution < 1.29 is 0 Å². The van der Waals surface area contributed by atoms with Gasteiger partial charge in [-0.1, -0.05) is 6.58 Å². The lowest BCUT2D eigenvalue weighted by Crippen LogP contribution is -2.11. The summed E-state index contributed by atoms with van der Waals surface area (Å²) in [5.41, 5.74) is 3.26. The van der Waals surface area contributed by atoms with E-state index in [2.05, 4.69) is 22.2 Å². The van der Waals surface area contributed by atoms with Crippen LogP contribution < -0.4 is 0 Å². The monoisotopic (exact) mass is 146 g/mol. The molecule has 0 aromatic carbocycles. The second-order valence-corrected chi connectivity index (χ2v) is 2.72. The Morgan fingerprint density at radius 2 is 2.45 bits per heavy atom. The molecule has 2 heteroatoms. The van der Waals surface area contributed by atoms with Gasteiger partial charge < -0.3 is 4.57 Å². The molecule has 0 unspecified atom stereocenters. The van der Waals surface area contributed by atoms with Crippen LogP contribution in [0.25, 0.3) is 5.70 Å². The largest absolute Gasteiger partial charge is 0.318 e. The fraction of sp³-hybridized carbons (Fsp3) is 0.222. The Kier molecular flexibility index (Phi) is 1.22. The molecule has 1 aromatic heterocycles. The summed E-state index contributed by atoms with van der Waals surface area (Å²) in [6.45, 7) is 6.72. The van der Waals surface area contributed by atoms with Crippen molar-refractivity contribution in [1.29, 1.82) is 0 Å². The van der Waals surface area contributed by atoms with Crippen LogP contribution in [0.2, 0.25) is 0 Å². The Bertz CT molecular complexity index is 331. The second-order valence-electron chi connectivity index (χ2n) is 2.72. The molecule has 1 aliphatic heterocycles. The van der Waals surface area contributed by atoms with Crippen molar-refractivity contribution in [3.8, 4) is 0 Å². The molecular formula is C9H10N2. The smallest absolute Gasteiger partial charge is 0.0799 e. The topological polar surface area (TPSA) is 17.3 Å². The predicted molar refractivity (Wildman–Crippen MR) is 46.6 cm³/mol. The molecular weight excluding hydrogens is 136 g/mol. The lowest BCUT2D eigenvalue weighted by Gasteiger charge is -2.15. The first-order chi connectivity index (χ1) is 5.29. The van der Waals surface area contributed by atoms with Gasteiger partial charge in [-0.15, -0.1) is 0 Å². The van der Waals surface area contributed by atoms with Crippen LogP contribution in [0.4, 0.5) is 0 Å². The summed E-state index contributed by atoms with van der Waals surface area (Å²) in [7, 11) is 0. The van der Waals surface area contributed by atoms with Crippen molar-refractivity contribution in [3.05, 3.63) is 30.6 Å². The van der Waals surface area contributed by atoms with Gasteiger partial charge in [0.25, 0.3) is 0 Å². The minimum atomic E-state index is 0.790. The molecule has 0 fully saturated rings. The van der Waals surface area contributed by atoms with Gasteiger partial charge in [0.1, 0.15) is 0 Å². The molecule has 0 radical (unpaired) electrons. The van der Waals surface area contributed by atoms with E-state index in [0.717, 1.165) is 18.0 Å². The van der Waals surface area contributed by atoms with Crippen LogP contribution in [0.15, 0.2) is 29.9 Å². The van der Waals surface area contributed by atoms with Gasteiger partial charge in [0.2, 0.25) is 0 Å². The van der Waals surface area contributed by atoms with Gasteiger partial charge in [-0.05, 0) is 19.1 Å². The molecule has 0 bridgehead atoms. The molecule has 0 spiro atoms. The second kappa shape index (κ2) is 2.09. The van der Waals surface area contributed by atoms with Crippen LogP contribution in [-0.4, -0.2) is 10.3 Å². The fourth-order valence-electron chi connectivity index (χ4n) is 1.27. The third-order valence-corrected chi connectivity index (χ3v) is 2.02. The van der Waals surface area contributed by atoms with Crippen LogP contribution in [0, 0.1) is 0 Å². The van der Waals surface area contributed by atoms with Crippen molar-refractivity contribution >= 4 is 11.4 Å². The Morgan fingerprint density at radius 1 is 1.64 bits per heavy atom. The van der Waals surface area contributed by atoms with Gasteiger partial charge in [-0.3, -0.25) is 4.99 Å². The van der Waals surface area contributed by atoms with Gasteiger partial charge in [0.15, 0.2) is 0 Å². The highest BCUT2D eigenvalue weighted by Crippen LogP contribution is 2.16. The van der Waals surface area contributed by atoms with Gasteiger partial charge in [0, 0.05) is 11.9 Å². The highest BCUT2D eigenvalue weighted by molar-refractivity contribution is 6.17. The summed E-state index contributed by atoms with van der Waals surface area (Å²) < 4.78 is 2.09. The van der Waals surface area contributed by atoms with Crippen LogP contribution >= 0.6 is 0 Å². The lowest BCUT2D eigenvalue weighted by atomic mass is 10.2. The molecule has 1 aliphatic rings. The summed E-state index contributed by atoms with van der Waals surface area (Å²) in [6.07, 6.45) is 2.02. The van der Waals surface area contributed by atoms with E-state index in [1.54, 1.807) is 0 Å². The molecule has 11 heavy (non-hydrogen) atoms. The maximum Gasteiger partial charge on any atom is 0.0799 e. The van der Waals surface area contributed by atoms with E-state index in [9.17, 15) is 0 Å². The number of hydrogen-bond donors (Lipinski definition) is 0. The van der Waals surface area contributed by atoms with Crippen LogP contribution in [0.1, 0.15) is 12.6 Å². The fourth-order valence-corrected chi connectivity index (χ4v) is 1.27. The summed E-state index contributed by atoms with van der Waals surface area (Å²) >= 11 is 0. The standard InChI is InChI=1S/C9H10N2/c1-7-8(2)11-5-3-4-9(11)6-10-7/h3-5H,2,6H2,1H3. The summed E-state index contributed by atoms with van der Waals surface area (Å²) in [4.78, 5) is 4.32. The normalized spacial score (nSPS) is 16.1. The van der Waals surface area contributed by atoms with Gasteiger partial charge in [0.05, 0.1) is 18.0 Å². The summed E-state index contributed by atoms with van der Waals surface area (Å²) in [5.74, 6) is 0. The zero-order chi connectivity index (χ0) is 7.84. The van der Waals surface area contributed by atoms with E-state index in [0.29, 0.717) is 0 Å². The first-order valence-electron chi connectivity index (χ1n) is 3.66. The number of fused-ring (bicyclic) bond motifs is 1. The molecule has 56 valence electrons. The average molecular weight is 146 g/mol. The molecule has 0 aliphatic carbocycles. The van der Waals surface area contributed by atoms with Crippen LogP contribution in [0.3, 0.4) is 0 Å². The number of allylic oxidation sites excluding steroid dienone is 1. The van der Waals surface area contributed by atoms with Crippen molar-refractivity contribution in [1.82, 2.24) is 4.57 Å². The van der Waals surface area contributed by atoms with Crippen molar-refractivity contribution in [2.45, 2.75) is 13.5 Å². The Hall–Kier alpha value is -1.31. The van der Waals surface area contributed by atoms with E-state index in [1.165, 1.54) is 5.69 Å². The average Bonchev–Trinajstić information content (AvgIpc) is 2.45. The minimum Gasteiger partial charge on any atom is -0.318 e. The summed E-state index contributed by atoms with van der Waals surface area (Å²) in [6, 6.07) is 4.09. The van der Waals surface area contributed by atoms with E-state index in [4.69, 9.17) is 0 Å². The maximum atomic E-state index is 4.32. The molecule has 2 rings (SSSR count). The van der Waals surface area contributed by atoms with Crippen LogP contribution in [-0.2, 0) is 6.54 Å². The molecule has 0 saturated heterocycles. The zero-order valence-corrected chi connectivity index (χ0v) is 6.54. The quantitative estimate of drug-likeness (QED) is 0.532. The number of hydrogen-bond acceptors (Lipinski definition) is 1. The molecule has 0 saturated carbocycles. The molecule has 0 atom stereocenters. The van der Waals surface area contributed by atoms with Crippen molar-refractivity contribution in [2.24, 2.45) is 4.99 Å². The van der Waals surface area contributed by atoms with E-state index < -0.39 is 0 Å². The molecule has 2 heterocycles. The van der Waals surface area contributed by atoms with E-state index in [-0.39, 0.29) is 0 Å².